The van der Waals surface area contributed by atoms with E-state index in [2.05, 4.69) is 40.1 Å². The van der Waals surface area contributed by atoms with Crippen molar-refractivity contribution in [2.75, 3.05) is 37.8 Å². The van der Waals surface area contributed by atoms with Gasteiger partial charge in [0.1, 0.15) is 0 Å². The molecule has 0 saturated carbocycles. The summed E-state index contributed by atoms with van der Waals surface area (Å²) in [5, 5.41) is 0.819. The Morgan fingerprint density at radius 2 is 1.82 bits per heavy atom. The van der Waals surface area contributed by atoms with Crippen LogP contribution in [0.15, 0.2) is 47.4 Å². The number of carbonyl (C=O) groups excluding carboxylic acids is 1. The van der Waals surface area contributed by atoms with Crippen LogP contribution in [0.2, 0.25) is 0 Å². The van der Waals surface area contributed by atoms with Crippen molar-refractivity contribution >= 4 is 44.4 Å². The number of benzene rings is 2. The molecule has 3 aromatic rings. The second-order valence-corrected chi connectivity index (χ2v) is 9.36. The zero-order valence-electron chi connectivity index (χ0n) is 17.0. The van der Waals surface area contributed by atoms with E-state index in [1.807, 2.05) is 35.2 Å². The van der Waals surface area contributed by atoms with Gasteiger partial charge >= 0.3 is 0 Å². The fraction of sp³-hybridized carbons (Fsp3) is 0.364. The summed E-state index contributed by atoms with van der Waals surface area (Å²) in [6.07, 6.45) is 0.956. The van der Waals surface area contributed by atoms with Crippen LogP contribution in [0.3, 0.4) is 0 Å². The second kappa shape index (κ2) is 9.54. The first kappa shape index (κ1) is 20.8. The number of aromatic nitrogens is 1. The lowest BCUT2D eigenvalue weighted by Crippen LogP contribution is -3.05. The van der Waals surface area contributed by atoms with Crippen molar-refractivity contribution in [2.45, 2.75) is 25.2 Å². The minimum absolute atomic E-state index is 0.122. The summed E-state index contributed by atoms with van der Waals surface area (Å²) in [6, 6.07) is 14.3. The van der Waals surface area contributed by atoms with Crippen LogP contribution in [0, 0.1) is 13.8 Å². The molecule has 1 aromatic heterocycles. The molecule has 0 atom stereocenters. The molecule has 0 fully saturated rings. The number of fused-ring (bicyclic) bond motifs is 1. The van der Waals surface area contributed by atoms with Crippen molar-refractivity contribution in [3.05, 3.63) is 53.6 Å². The number of aryl methyl sites for hydroxylation is 2. The van der Waals surface area contributed by atoms with Crippen LogP contribution >= 0.6 is 23.1 Å². The number of carbonyl (C=O) groups is 1. The highest BCUT2D eigenvalue weighted by Crippen LogP contribution is 2.33. The Bertz CT molecular complexity index is 899. The van der Waals surface area contributed by atoms with E-state index in [1.54, 1.807) is 23.1 Å². The van der Waals surface area contributed by atoms with Crippen LogP contribution in [-0.4, -0.2) is 43.8 Å². The Morgan fingerprint density at radius 3 is 2.50 bits per heavy atom. The maximum Gasteiger partial charge on any atom is 0.239 e. The topological polar surface area (TPSA) is 37.6 Å². The molecule has 4 nitrogen and oxygen atoms in total. The predicted molar refractivity (Wildman–Crippen MR) is 121 cm³/mol. The number of anilines is 1. The van der Waals surface area contributed by atoms with Crippen LogP contribution < -0.4 is 9.80 Å². The average molecular weight is 415 g/mol. The molecule has 28 heavy (non-hydrogen) atoms. The van der Waals surface area contributed by atoms with E-state index in [0.29, 0.717) is 12.3 Å². The highest BCUT2D eigenvalue weighted by molar-refractivity contribution is 8.00. The molecule has 0 bridgehead atoms. The minimum atomic E-state index is 0.122. The molecule has 1 amide bonds. The maximum absolute atomic E-state index is 13.1. The summed E-state index contributed by atoms with van der Waals surface area (Å²) in [7, 11) is 4.28. The highest BCUT2D eigenvalue weighted by atomic mass is 32.2. The van der Waals surface area contributed by atoms with Crippen molar-refractivity contribution in [3.63, 3.8) is 0 Å². The first-order valence-corrected chi connectivity index (χ1v) is 11.4. The molecule has 148 valence electrons. The number of rotatable bonds is 8. The quantitative estimate of drug-likeness (QED) is 0.573. The van der Waals surface area contributed by atoms with E-state index in [0.717, 1.165) is 34.1 Å². The summed E-state index contributed by atoms with van der Waals surface area (Å²) < 4.78 is 1.18. The van der Waals surface area contributed by atoms with E-state index in [9.17, 15) is 4.79 Å². The zero-order valence-corrected chi connectivity index (χ0v) is 18.6. The van der Waals surface area contributed by atoms with E-state index < -0.39 is 0 Å². The second-order valence-electron chi connectivity index (χ2n) is 7.33. The summed E-state index contributed by atoms with van der Waals surface area (Å²) in [5.74, 6) is 0.546. The van der Waals surface area contributed by atoms with Gasteiger partial charge in [-0.25, -0.2) is 4.98 Å². The first-order valence-electron chi connectivity index (χ1n) is 9.59. The molecule has 0 aliphatic rings. The normalized spacial score (nSPS) is 11.3. The Balaban J connectivity index is 1.82. The van der Waals surface area contributed by atoms with Gasteiger partial charge in [-0.15, -0.1) is 11.8 Å². The Kier molecular flexibility index (Phi) is 7.10. The van der Waals surface area contributed by atoms with Gasteiger partial charge in [0.2, 0.25) is 5.91 Å². The van der Waals surface area contributed by atoms with Gasteiger partial charge in [-0.05, 0) is 37.1 Å². The molecule has 0 unspecified atom stereocenters. The lowest BCUT2D eigenvalue weighted by atomic mass is 10.1. The van der Waals surface area contributed by atoms with Gasteiger partial charge in [-0.3, -0.25) is 9.69 Å². The van der Waals surface area contributed by atoms with Crippen molar-refractivity contribution in [2.24, 2.45) is 0 Å². The van der Waals surface area contributed by atoms with Crippen LogP contribution in [0.4, 0.5) is 5.13 Å². The van der Waals surface area contributed by atoms with Crippen molar-refractivity contribution < 1.29 is 9.69 Å². The maximum atomic E-state index is 13.1. The fourth-order valence-corrected chi connectivity index (χ4v) is 4.97. The van der Waals surface area contributed by atoms with E-state index >= 15 is 0 Å². The molecule has 1 N–H and O–H groups in total. The van der Waals surface area contributed by atoms with Crippen molar-refractivity contribution in [3.8, 4) is 0 Å². The van der Waals surface area contributed by atoms with E-state index in [1.165, 1.54) is 15.2 Å². The Morgan fingerprint density at radius 1 is 1.11 bits per heavy atom. The zero-order chi connectivity index (χ0) is 20.1. The monoisotopic (exact) mass is 414 g/mol. The molecule has 0 aliphatic carbocycles. The van der Waals surface area contributed by atoms with Crippen molar-refractivity contribution in [1.82, 2.24) is 4.98 Å². The molecule has 2 aromatic carbocycles. The lowest BCUT2D eigenvalue weighted by Gasteiger charge is -2.20. The highest BCUT2D eigenvalue weighted by Gasteiger charge is 2.21. The van der Waals surface area contributed by atoms with Gasteiger partial charge in [0.05, 0.1) is 36.6 Å². The number of amides is 1. The SMILES string of the molecule is Cc1ccc(C)c2sc(N(CCC[NH+](C)C)C(=O)CSc3ccccc3)nc12. The molecular formula is C22H28N3OS2+. The molecule has 1 heterocycles. The number of nitrogens with one attached hydrogen (secondary N) is 1. The summed E-state index contributed by atoms with van der Waals surface area (Å²) in [4.78, 5) is 22.4. The number of nitrogens with zero attached hydrogens (tertiary/aromatic N) is 2. The smallest absolute Gasteiger partial charge is 0.239 e. The van der Waals surface area contributed by atoms with Crippen molar-refractivity contribution in [1.29, 1.82) is 0 Å². The third kappa shape index (κ3) is 5.13. The standard InChI is InChI=1S/C22H27N3OS2/c1-16-11-12-17(2)21-20(16)23-22(28-21)25(14-8-13-24(3)4)19(26)15-27-18-9-6-5-7-10-18/h5-7,9-12H,8,13-15H2,1-4H3/p+1. The predicted octanol–water partition coefficient (Wildman–Crippen LogP) is 3.57. The summed E-state index contributed by atoms with van der Waals surface area (Å²) >= 11 is 3.22. The van der Waals surface area contributed by atoms with Crippen LogP contribution in [0.25, 0.3) is 10.2 Å². The van der Waals surface area contributed by atoms with E-state index in [4.69, 9.17) is 4.98 Å². The Labute approximate surface area is 175 Å². The largest absolute Gasteiger partial charge is 0.340 e. The third-order valence-electron chi connectivity index (χ3n) is 4.63. The summed E-state index contributed by atoms with van der Waals surface area (Å²) in [6.45, 7) is 5.92. The molecule has 0 spiro atoms. The fourth-order valence-electron chi connectivity index (χ4n) is 3.02. The number of thiazole rings is 1. The van der Waals surface area contributed by atoms with Crippen LogP contribution in [0.5, 0.6) is 0 Å². The molecule has 0 saturated heterocycles. The minimum Gasteiger partial charge on any atom is -0.340 e. The number of hydrogen-bond acceptors (Lipinski definition) is 4. The molecule has 3 rings (SSSR count). The number of thioether (sulfide) groups is 1. The Hall–Kier alpha value is -1.89. The third-order valence-corrected chi connectivity index (χ3v) is 6.84. The first-order chi connectivity index (χ1) is 13.5. The van der Waals surface area contributed by atoms with Gasteiger partial charge in [0.25, 0.3) is 0 Å². The number of quaternary nitrogens is 1. The lowest BCUT2D eigenvalue weighted by molar-refractivity contribution is -0.858. The average Bonchev–Trinajstić information content (AvgIpc) is 3.13. The molecule has 6 heteroatoms. The molecule has 0 aliphatic heterocycles. The van der Waals surface area contributed by atoms with Crippen LogP contribution in [-0.2, 0) is 4.79 Å². The van der Waals surface area contributed by atoms with Gasteiger partial charge in [0, 0.05) is 17.9 Å². The number of hydrogen-bond donors (Lipinski definition) is 1. The van der Waals surface area contributed by atoms with Gasteiger partial charge in [-0.2, -0.15) is 0 Å². The van der Waals surface area contributed by atoms with Gasteiger partial charge < -0.3 is 4.90 Å². The summed E-state index contributed by atoms with van der Waals surface area (Å²) in [5.41, 5.74) is 3.40. The molecular weight excluding hydrogens is 386 g/mol. The van der Waals surface area contributed by atoms with E-state index in [-0.39, 0.29) is 5.91 Å². The van der Waals surface area contributed by atoms with Gasteiger partial charge in [0.15, 0.2) is 5.13 Å². The molecule has 0 radical (unpaired) electrons. The van der Waals surface area contributed by atoms with Gasteiger partial charge in [-0.1, -0.05) is 41.7 Å². The van der Waals surface area contributed by atoms with Crippen LogP contribution in [0.1, 0.15) is 17.5 Å².